The Labute approximate surface area is 146 Å². The Morgan fingerprint density at radius 3 is 2.96 bits per heavy atom. The number of amides is 1. The maximum Gasteiger partial charge on any atom is 0.246 e. The summed E-state index contributed by atoms with van der Waals surface area (Å²) in [6.45, 7) is 4.58. The SMILES string of the molecule is CCN(C)C(=O)/C=C/c1sc2ccc(Cl)c3c2c1CN(C)CC3. The van der Waals surface area contributed by atoms with Gasteiger partial charge in [-0.3, -0.25) is 4.79 Å². The second-order valence-electron chi connectivity index (χ2n) is 6.02. The van der Waals surface area contributed by atoms with E-state index in [4.69, 9.17) is 11.6 Å². The molecule has 1 amide bonds. The number of nitrogens with zero attached hydrogens (tertiary/aromatic N) is 2. The van der Waals surface area contributed by atoms with Crippen molar-refractivity contribution in [2.75, 3.05) is 27.2 Å². The van der Waals surface area contributed by atoms with Crippen molar-refractivity contribution in [3.05, 3.63) is 39.2 Å². The summed E-state index contributed by atoms with van der Waals surface area (Å²) in [5.41, 5.74) is 2.54. The van der Waals surface area contributed by atoms with E-state index in [0.29, 0.717) is 6.54 Å². The number of benzene rings is 1. The Balaban J connectivity index is 2.08. The van der Waals surface area contributed by atoms with Crippen molar-refractivity contribution in [1.82, 2.24) is 9.80 Å². The van der Waals surface area contributed by atoms with Crippen molar-refractivity contribution < 1.29 is 4.79 Å². The van der Waals surface area contributed by atoms with E-state index in [1.807, 2.05) is 26.1 Å². The minimum absolute atomic E-state index is 0.0392. The molecule has 2 aromatic rings. The third-order valence-electron chi connectivity index (χ3n) is 4.44. The van der Waals surface area contributed by atoms with Gasteiger partial charge in [-0.25, -0.2) is 0 Å². The molecule has 0 fully saturated rings. The topological polar surface area (TPSA) is 23.6 Å². The molecule has 1 aromatic heterocycles. The normalized spacial score (nSPS) is 15.3. The van der Waals surface area contributed by atoms with E-state index in [-0.39, 0.29) is 5.91 Å². The Kier molecular flexibility index (Phi) is 4.76. The zero-order chi connectivity index (χ0) is 16.6. The van der Waals surface area contributed by atoms with Crippen LogP contribution in [0.1, 0.15) is 22.9 Å². The van der Waals surface area contributed by atoms with Crippen molar-refractivity contribution in [3.8, 4) is 0 Å². The maximum absolute atomic E-state index is 12.0. The number of halogens is 1. The van der Waals surface area contributed by atoms with Crippen molar-refractivity contribution in [3.63, 3.8) is 0 Å². The largest absolute Gasteiger partial charge is 0.343 e. The maximum atomic E-state index is 12.0. The predicted octanol–water partition coefficient (Wildman–Crippen LogP) is 4.03. The molecular weight excluding hydrogens is 328 g/mol. The van der Waals surface area contributed by atoms with E-state index in [0.717, 1.165) is 29.4 Å². The number of rotatable bonds is 3. The van der Waals surface area contributed by atoms with Crippen molar-refractivity contribution in [2.24, 2.45) is 0 Å². The highest BCUT2D eigenvalue weighted by Gasteiger charge is 2.21. The van der Waals surface area contributed by atoms with E-state index in [1.54, 1.807) is 22.3 Å². The third kappa shape index (κ3) is 3.16. The van der Waals surface area contributed by atoms with Gasteiger partial charge in [0.15, 0.2) is 0 Å². The second kappa shape index (κ2) is 6.63. The summed E-state index contributed by atoms with van der Waals surface area (Å²) in [7, 11) is 3.95. The van der Waals surface area contributed by atoms with Crippen LogP contribution in [-0.2, 0) is 17.8 Å². The Hall–Kier alpha value is -1.36. The average Bonchev–Trinajstić information content (AvgIpc) is 2.77. The molecule has 2 heterocycles. The van der Waals surface area contributed by atoms with Gasteiger partial charge in [-0.05, 0) is 49.7 Å². The summed E-state index contributed by atoms with van der Waals surface area (Å²) in [4.78, 5) is 17.2. The highest BCUT2D eigenvalue weighted by Crippen LogP contribution is 2.39. The fourth-order valence-electron chi connectivity index (χ4n) is 2.94. The number of hydrogen-bond donors (Lipinski definition) is 0. The first kappa shape index (κ1) is 16.5. The first-order valence-corrected chi connectivity index (χ1v) is 9.05. The van der Waals surface area contributed by atoms with E-state index < -0.39 is 0 Å². The molecule has 0 N–H and O–H groups in total. The summed E-state index contributed by atoms with van der Waals surface area (Å²) >= 11 is 8.17. The molecule has 3 rings (SSSR count). The highest BCUT2D eigenvalue weighted by atomic mass is 35.5. The molecule has 0 radical (unpaired) electrons. The molecule has 122 valence electrons. The molecule has 0 atom stereocenters. The Morgan fingerprint density at radius 1 is 1.43 bits per heavy atom. The summed E-state index contributed by atoms with van der Waals surface area (Å²) in [6.07, 6.45) is 4.61. The van der Waals surface area contributed by atoms with Gasteiger partial charge in [0.05, 0.1) is 0 Å². The third-order valence-corrected chi connectivity index (χ3v) is 5.95. The summed E-state index contributed by atoms with van der Waals surface area (Å²) < 4.78 is 1.26. The van der Waals surface area contributed by atoms with Crippen LogP contribution in [0.5, 0.6) is 0 Å². The van der Waals surface area contributed by atoms with Crippen LogP contribution in [0.15, 0.2) is 18.2 Å². The molecule has 1 aliphatic rings. The predicted molar refractivity (Wildman–Crippen MR) is 99.2 cm³/mol. The minimum atomic E-state index is 0.0392. The molecule has 0 bridgehead atoms. The van der Waals surface area contributed by atoms with Crippen molar-refractivity contribution in [2.45, 2.75) is 19.9 Å². The van der Waals surface area contributed by atoms with Crippen molar-refractivity contribution >= 4 is 45.0 Å². The highest BCUT2D eigenvalue weighted by molar-refractivity contribution is 7.20. The van der Waals surface area contributed by atoms with Crippen molar-refractivity contribution in [1.29, 1.82) is 0 Å². The lowest BCUT2D eigenvalue weighted by Gasteiger charge is -2.13. The van der Waals surface area contributed by atoms with Crippen LogP contribution in [0, 0.1) is 0 Å². The van der Waals surface area contributed by atoms with Gasteiger partial charge in [-0.2, -0.15) is 0 Å². The minimum Gasteiger partial charge on any atom is -0.343 e. The van der Waals surface area contributed by atoms with Gasteiger partial charge in [-0.15, -0.1) is 11.3 Å². The fraction of sp³-hybridized carbons (Fsp3) is 0.389. The van der Waals surface area contributed by atoms with Crippen LogP contribution in [0.3, 0.4) is 0 Å². The lowest BCUT2D eigenvalue weighted by atomic mass is 10.0. The number of carbonyl (C=O) groups excluding carboxylic acids is 1. The number of hydrogen-bond acceptors (Lipinski definition) is 3. The van der Waals surface area contributed by atoms with Gasteiger partial charge in [0, 0.05) is 52.7 Å². The van der Waals surface area contributed by atoms with Crippen LogP contribution in [0.25, 0.3) is 16.2 Å². The molecule has 1 aliphatic heterocycles. The zero-order valence-corrected chi connectivity index (χ0v) is 15.3. The first-order valence-electron chi connectivity index (χ1n) is 7.85. The molecule has 0 spiro atoms. The van der Waals surface area contributed by atoms with Gasteiger partial charge in [-0.1, -0.05) is 11.6 Å². The van der Waals surface area contributed by atoms with Gasteiger partial charge >= 0.3 is 0 Å². The molecular formula is C18H21ClN2OS. The Morgan fingerprint density at radius 2 is 2.22 bits per heavy atom. The van der Waals surface area contributed by atoms with E-state index in [9.17, 15) is 4.79 Å². The molecule has 23 heavy (non-hydrogen) atoms. The number of thiophene rings is 1. The van der Waals surface area contributed by atoms with Gasteiger partial charge in [0.25, 0.3) is 0 Å². The molecule has 0 saturated carbocycles. The van der Waals surface area contributed by atoms with Crippen LogP contribution >= 0.6 is 22.9 Å². The first-order chi connectivity index (χ1) is 11.0. The monoisotopic (exact) mass is 348 g/mol. The smallest absolute Gasteiger partial charge is 0.246 e. The van der Waals surface area contributed by atoms with Crippen LogP contribution in [0.4, 0.5) is 0 Å². The van der Waals surface area contributed by atoms with Crippen LogP contribution in [-0.4, -0.2) is 42.9 Å². The average molecular weight is 349 g/mol. The van der Waals surface area contributed by atoms with E-state index >= 15 is 0 Å². The number of likely N-dealkylation sites (N-methyl/N-ethyl adjacent to an activating group) is 2. The zero-order valence-electron chi connectivity index (χ0n) is 13.7. The van der Waals surface area contributed by atoms with Crippen LogP contribution in [0.2, 0.25) is 5.02 Å². The summed E-state index contributed by atoms with van der Waals surface area (Å²) in [5.74, 6) is 0.0392. The molecule has 1 aromatic carbocycles. The quantitative estimate of drug-likeness (QED) is 0.782. The lowest BCUT2D eigenvalue weighted by Crippen LogP contribution is -2.23. The van der Waals surface area contributed by atoms with E-state index in [2.05, 4.69) is 18.0 Å². The standard InChI is InChI=1S/C18H21ClN2OS/c1-4-21(3)17(22)8-7-15-13-11-20(2)10-9-12-14(19)5-6-16(23-15)18(12)13/h5-8H,4,9-11H2,1-3H3/b8-7+. The lowest BCUT2D eigenvalue weighted by molar-refractivity contribution is -0.124. The fourth-order valence-corrected chi connectivity index (χ4v) is 4.34. The molecule has 0 unspecified atom stereocenters. The Bertz CT molecular complexity index is 781. The van der Waals surface area contributed by atoms with Gasteiger partial charge in [0.1, 0.15) is 0 Å². The number of carbonyl (C=O) groups is 1. The van der Waals surface area contributed by atoms with Gasteiger partial charge in [0.2, 0.25) is 5.91 Å². The summed E-state index contributed by atoms with van der Waals surface area (Å²) in [6, 6.07) is 4.09. The second-order valence-corrected chi connectivity index (χ2v) is 7.51. The van der Waals surface area contributed by atoms with Crippen LogP contribution < -0.4 is 0 Å². The summed E-state index contributed by atoms with van der Waals surface area (Å²) in [5, 5.41) is 2.15. The molecule has 5 heteroatoms. The molecule has 3 nitrogen and oxygen atoms in total. The van der Waals surface area contributed by atoms with Gasteiger partial charge < -0.3 is 9.80 Å². The van der Waals surface area contributed by atoms with E-state index in [1.165, 1.54) is 21.2 Å². The molecule has 0 aliphatic carbocycles. The molecule has 0 saturated heterocycles.